The molecule has 2 heterocycles. The molecule has 5 rings (SSSR count). The van der Waals surface area contributed by atoms with Crippen molar-refractivity contribution in [2.24, 2.45) is 0 Å². The highest BCUT2D eigenvalue weighted by Gasteiger charge is 2.41. The Bertz CT molecular complexity index is 836. The summed E-state index contributed by atoms with van der Waals surface area (Å²) in [5.74, 6) is 1.13. The molecule has 4 nitrogen and oxygen atoms in total. The Hall–Kier alpha value is -2.11. The van der Waals surface area contributed by atoms with Crippen LogP contribution in [-0.2, 0) is 15.9 Å². The fraction of sp³-hybridized carbons (Fsp3) is 0.478. The summed E-state index contributed by atoms with van der Waals surface area (Å²) in [4.78, 5) is 0. The molecule has 1 unspecified atom stereocenters. The van der Waals surface area contributed by atoms with E-state index in [9.17, 15) is 4.39 Å². The van der Waals surface area contributed by atoms with E-state index in [0.717, 1.165) is 55.6 Å². The van der Waals surface area contributed by atoms with Crippen LogP contribution in [0, 0.1) is 5.82 Å². The van der Waals surface area contributed by atoms with Crippen molar-refractivity contribution < 1.29 is 23.3 Å². The summed E-state index contributed by atoms with van der Waals surface area (Å²) in [6.45, 7) is 1.40. The van der Waals surface area contributed by atoms with Crippen LogP contribution >= 0.6 is 0 Å². The summed E-state index contributed by atoms with van der Waals surface area (Å²) in [5, 5.41) is 0. The van der Waals surface area contributed by atoms with E-state index in [4.69, 9.17) is 18.9 Å². The van der Waals surface area contributed by atoms with Gasteiger partial charge in [-0.15, -0.1) is 0 Å². The van der Waals surface area contributed by atoms with Crippen molar-refractivity contribution in [1.82, 2.24) is 0 Å². The lowest BCUT2D eigenvalue weighted by Gasteiger charge is -2.35. The summed E-state index contributed by atoms with van der Waals surface area (Å²) in [6.07, 6.45) is 5.20. The number of halogens is 1. The third-order valence-corrected chi connectivity index (χ3v) is 6.04. The molecule has 2 aliphatic heterocycles. The monoisotopic (exact) mass is 384 g/mol. The van der Waals surface area contributed by atoms with E-state index in [1.165, 1.54) is 6.07 Å². The average molecular weight is 384 g/mol. The van der Waals surface area contributed by atoms with E-state index in [-0.39, 0.29) is 23.8 Å². The molecule has 0 radical (unpaired) electrons. The van der Waals surface area contributed by atoms with Gasteiger partial charge >= 0.3 is 0 Å². The smallest absolute Gasteiger partial charge is 0.168 e. The van der Waals surface area contributed by atoms with Crippen molar-refractivity contribution in [3.8, 4) is 11.5 Å². The van der Waals surface area contributed by atoms with E-state index in [1.807, 2.05) is 18.2 Å². The molecule has 1 atom stereocenters. The summed E-state index contributed by atoms with van der Waals surface area (Å²) < 4.78 is 37.9. The van der Waals surface area contributed by atoms with E-state index in [0.29, 0.717) is 18.8 Å². The maximum Gasteiger partial charge on any atom is 0.168 e. The Morgan fingerprint density at radius 3 is 2.54 bits per heavy atom. The van der Waals surface area contributed by atoms with Crippen molar-refractivity contribution in [2.45, 2.75) is 56.5 Å². The van der Waals surface area contributed by atoms with Gasteiger partial charge < -0.3 is 18.9 Å². The molecule has 1 aliphatic carbocycles. The highest BCUT2D eigenvalue weighted by molar-refractivity contribution is 5.42. The molecule has 2 aromatic carbocycles. The molecule has 1 spiro atoms. The van der Waals surface area contributed by atoms with Gasteiger partial charge in [0.2, 0.25) is 0 Å². The third kappa shape index (κ3) is 3.49. The Kier molecular flexibility index (Phi) is 4.73. The zero-order chi connectivity index (χ0) is 19.0. The minimum Gasteiger partial charge on any atom is -0.490 e. The molecule has 1 saturated carbocycles. The van der Waals surface area contributed by atoms with E-state index >= 15 is 0 Å². The molecule has 28 heavy (non-hydrogen) atoms. The van der Waals surface area contributed by atoms with Gasteiger partial charge in [-0.05, 0) is 55.5 Å². The number of hydrogen-bond acceptors (Lipinski definition) is 4. The molecule has 0 N–H and O–H groups in total. The van der Waals surface area contributed by atoms with Gasteiger partial charge in [0.15, 0.2) is 5.79 Å². The lowest BCUT2D eigenvalue weighted by atomic mass is 9.91. The number of rotatable bonds is 3. The molecule has 1 saturated heterocycles. The normalized spacial score (nSPS) is 24.0. The summed E-state index contributed by atoms with van der Waals surface area (Å²) >= 11 is 0. The second kappa shape index (κ2) is 7.37. The van der Waals surface area contributed by atoms with Crippen LogP contribution in [0.3, 0.4) is 0 Å². The second-order valence-electron chi connectivity index (χ2n) is 7.86. The Morgan fingerprint density at radius 1 is 0.964 bits per heavy atom. The lowest BCUT2D eigenvalue weighted by molar-refractivity contribution is -0.186. The fourth-order valence-corrected chi connectivity index (χ4v) is 4.52. The quantitative estimate of drug-likeness (QED) is 0.750. The fourth-order valence-electron chi connectivity index (χ4n) is 4.52. The minimum atomic E-state index is -0.356. The molecular formula is C23H25FO4. The summed E-state index contributed by atoms with van der Waals surface area (Å²) in [7, 11) is 0. The van der Waals surface area contributed by atoms with Crippen LogP contribution < -0.4 is 9.47 Å². The van der Waals surface area contributed by atoms with Gasteiger partial charge in [-0.3, -0.25) is 0 Å². The first-order valence-electron chi connectivity index (χ1n) is 10.2. The number of benzene rings is 2. The van der Waals surface area contributed by atoms with E-state index < -0.39 is 0 Å². The Labute approximate surface area is 164 Å². The van der Waals surface area contributed by atoms with E-state index in [2.05, 4.69) is 6.07 Å². The molecule has 148 valence electrons. The van der Waals surface area contributed by atoms with Crippen LogP contribution in [0.15, 0.2) is 42.5 Å². The number of hydrogen-bond donors (Lipinski definition) is 0. The predicted octanol–water partition coefficient (Wildman–Crippen LogP) is 4.96. The number of aryl methyl sites for hydroxylation is 1. The second-order valence-corrected chi connectivity index (χ2v) is 7.86. The minimum absolute atomic E-state index is 0.187. The summed E-state index contributed by atoms with van der Waals surface area (Å²) in [6, 6.07) is 12.8. The van der Waals surface area contributed by atoms with Gasteiger partial charge in [0.05, 0.1) is 19.3 Å². The van der Waals surface area contributed by atoms with Crippen molar-refractivity contribution in [3.05, 3.63) is 59.4 Å². The molecule has 0 bridgehead atoms. The van der Waals surface area contributed by atoms with Gasteiger partial charge in [0.25, 0.3) is 0 Å². The third-order valence-electron chi connectivity index (χ3n) is 6.04. The van der Waals surface area contributed by atoms with Gasteiger partial charge in [-0.1, -0.05) is 18.2 Å². The van der Waals surface area contributed by atoms with Gasteiger partial charge in [-0.25, -0.2) is 4.39 Å². The van der Waals surface area contributed by atoms with Gasteiger partial charge in [0, 0.05) is 18.4 Å². The van der Waals surface area contributed by atoms with Gasteiger partial charge in [0.1, 0.15) is 23.4 Å². The van der Waals surface area contributed by atoms with Crippen LogP contribution in [0.4, 0.5) is 4.39 Å². The molecule has 2 aromatic rings. The summed E-state index contributed by atoms with van der Waals surface area (Å²) in [5.41, 5.74) is 1.75. The highest BCUT2D eigenvalue weighted by Crippen LogP contribution is 2.40. The van der Waals surface area contributed by atoms with E-state index in [1.54, 1.807) is 12.1 Å². The van der Waals surface area contributed by atoms with Crippen molar-refractivity contribution in [3.63, 3.8) is 0 Å². The molecule has 3 aliphatic rings. The average Bonchev–Trinajstić information content (AvgIpc) is 3.18. The molecule has 0 aromatic heterocycles. The van der Waals surface area contributed by atoms with Crippen LogP contribution in [0.2, 0.25) is 0 Å². The van der Waals surface area contributed by atoms with Crippen LogP contribution in [-0.4, -0.2) is 25.1 Å². The van der Waals surface area contributed by atoms with Gasteiger partial charge in [-0.2, -0.15) is 0 Å². The predicted molar refractivity (Wildman–Crippen MR) is 102 cm³/mol. The van der Waals surface area contributed by atoms with Crippen molar-refractivity contribution in [1.29, 1.82) is 0 Å². The van der Waals surface area contributed by atoms with Crippen molar-refractivity contribution >= 4 is 0 Å². The zero-order valence-corrected chi connectivity index (χ0v) is 15.9. The molecule has 5 heteroatoms. The van der Waals surface area contributed by atoms with Crippen LogP contribution in [0.1, 0.15) is 49.3 Å². The highest BCUT2D eigenvalue weighted by atomic mass is 19.1. The topological polar surface area (TPSA) is 36.9 Å². The largest absolute Gasteiger partial charge is 0.490 e. The van der Waals surface area contributed by atoms with Crippen molar-refractivity contribution in [2.75, 3.05) is 13.2 Å². The number of fused-ring (bicyclic) bond motifs is 1. The first kappa shape index (κ1) is 18.0. The SMILES string of the molecule is Fc1ccccc1C1CCc2cc(OC3CCC4(CC3)OCCO4)ccc2O1. The zero-order valence-electron chi connectivity index (χ0n) is 15.9. The Balaban J connectivity index is 1.23. The lowest BCUT2D eigenvalue weighted by Crippen LogP contribution is -2.38. The number of ether oxygens (including phenoxy) is 4. The Morgan fingerprint density at radius 2 is 1.75 bits per heavy atom. The molecular weight excluding hydrogens is 359 g/mol. The first-order chi connectivity index (χ1) is 13.7. The maximum atomic E-state index is 14.1. The maximum absolute atomic E-state index is 14.1. The van der Waals surface area contributed by atoms with Crippen LogP contribution in [0.25, 0.3) is 0 Å². The van der Waals surface area contributed by atoms with Crippen LogP contribution in [0.5, 0.6) is 11.5 Å². The molecule has 0 amide bonds. The molecule has 2 fully saturated rings. The standard InChI is InChI=1S/C23H25FO4/c24-20-4-2-1-3-19(20)22-7-5-16-15-18(6-8-21(16)28-22)27-17-9-11-23(12-10-17)25-13-14-26-23/h1-4,6,8,15,17,22H,5,7,9-14H2. The first-order valence-corrected chi connectivity index (χ1v) is 10.2.